The standard InChI is InChI=1S/C22H35N4O3/c1-4-5-7-17-9-11-18(12-10-17)20(27)26-19(8-6-14-25-22(23)29)21(28)24-15-13-16(2)3/h9-12,15-16,19H,4-8,13-14H2,1-3H3,(H,24,28)(H,26,27)(H3,23,25,29)/t19-/m0/s1. The molecule has 0 spiro atoms. The van der Waals surface area contributed by atoms with Gasteiger partial charge in [0.25, 0.3) is 5.91 Å². The van der Waals surface area contributed by atoms with E-state index in [0.717, 1.165) is 25.7 Å². The molecule has 1 atom stereocenters. The summed E-state index contributed by atoms with van der Waals surface area (Å²) in [7, 11) is 0. The van der Waals surface area contributed by atoms with Gasteiger partial charge >= 0.3 is 6.03 Å². The monoisotopic (exact) mass is 403 g/mol. The van der Waals surface area contributed by atoms with Crippen molar-refractivity contribution in [3.63, 3.8) is 0 Å². The zero-order valence-corrected chi connectivity index (χ0v) is 17.8. The summed E-state index contributed by atoms with van der Waals surface area (Å²) >= 11 is 0. The van der Waals surface area contributed by atoms with Crippen LogP contribution in [0.1, 0.15) is 68.8 Å². The maximum absolute atomic E-state index is 12.6. The fraction of sp³-hybridized carbons (Fsp3) is 0.545. The molecule has 0 saturated carbocycles. The summed E-state index contributed by atoms with van der Waals surface area (Å²) in [5.74, 6) is -0.133. The third-order valence-corrected chi connectivity index (χ3v) is 4.46. The average Bonchev–Trinajstić information content (AvgIpc) is 2.68. The minimum absolute atomic E-state index is 0.266. The summed E-state index contributed by atoms with van der Waals surface area (Å²) in [5.41, 5.74) is 6.77. The number of nitrogens with two attached hydrogens (primary N) is 1. The van der Waals surface area contributed by atoms with Crippen LogP contribution in [0, 0.1) is 12.5 Å². The van der Waals surface area contributed by atoms with Gasteiger partial charge in [0.1, 0.15) is 6.04 Å². The molecule has 0 fully saturated rings. The molecule has 0 aliphatic carbocycles. The van der Waals surface area contributed by atoms with Gasteiger partial charge in [0.15, 0.2) is 0 Å². The van der Waals surface area contributed by atoms with Crippen molar-refractivity contribution in [3.05, 3.63) is 41.9 Å². The van der Waals surface area contributed by atoms with E-state index in [-0.39, 0.29) is 11.8 Å². The van der Waals surface area contributed by atoms with E-state index < -0.39 is 12.1 Å². The van der Waals surface area contributed by atoms with Crippen molar-refractivity contribution < 1.29 is 14.4 Å². The van der Waals surface area contributed by atoms with Crippen LogP contribution >= 0.6 is 0 Å². The van der Waals surface area contributed by atoms with E-state index in [2.05, 4.69) is 36.7 Å². The van der Waals surface area contributed by atoms with Crippen LogP contribution in [0.4, 0.5) is 4.79 Å². The molecule has 0 bridgehead atoms. The van der Waals surface area contributed by atoms with Gasteiger partial charge in [-0.3, -0.25) is 9.59 Å². The molecule has 29 heavy (non-hydrogen) atoms. The van der Waals surface area contributed by atoms with Crippen LogP contribution < -0.4 is 21.7 Å². The Morgan fingerprint density at radius 3 is 2.38 bits per heavy atom. The van der Waals surface area contributed by atoms with E-state index in [0.29, 0.717) is 30.9 Å². The van der Waals surface area contributed by atoms with Crippen molar-refractivity contribution in [1.82, 2.24) is 16.0 Å². The number of unbranched alkanes of at least 4 members (excludes halogenated alkanes) is 1. The second-order valence-corrected chi connectivity index (χ2v) is 7.60. The van der Waals surface area contributed by atoms with Gasteiger partial charge in [-0.15, -0.1) is 0 Å². The number of carbonyl (C=O) groups excluding carboxylic acids is 3. The average molecular weight is 404 g/mol. The fourth-order valence-corrected chi connectivity index (χ4v) is 2.73. The highest BCUT2D eigenvalue weighted by Crippen LogP contribution is 2.09. The molecule has 7 heteroatoms. The Kier molecular flexibility index (Phi) is 11.5. The normalized spacial score (nSPS) is 11.7. The quantitative estimate of drug-likeness (QED) is 0.380. The van der Waals surface area contributed by atoms with E-state index in [4.69, 9.17) is 5.73 Å². The topological polar surface area (TPSA) is 113 Å². The number of primary amides is 1. The number of carbonyl (C=O) groups is 3. The number of benzene rings is 1. The first-order chi connectivity index (χ1) is 13.8. The van der Waals surface area contributed by atoms with Crippen molar-refractivity contribution in [2.45, 2.75) is 65.3 Å². The summed E-state index contributed by atoms with van der Waals surface area (Å²) in [6.07, 6.45) is 4.87. The summed E-state index contributed by atoms with van der Waals surface area (Å²) in [5, 5.41) is 8.06. The summed E-state index contributed by atoms with van der Waals surface area (Å²) in [4.78, 5) is 35.9. The van der Waals surface area contributed by atoms with E-state index in [9.17, 15) is 14.4 Å². The Morgan fingerprint density at radius 2 is 1.79 bits per heavy atom. The van der Waals surface area contributed by atoms with Crippen molar-refractivity contribution >= 4 is 17.8 Å². The first-order valence-corrected chi connectivity index (χ1v) is 10.4. The lowest BCUT2D eigenvalue weighted by Gasteiger charge is -2.19. The molecule has 161 valence electrons. The molecule has 4 amide bonds. The maximum Gasteiger partial charge on any atom is 0.312 e. The molecule has 0 heterocycles. The summed E-state index contributed by atoms with van der Waals surface area (Å²) < 4.78 is 0. The fourth-order valence-electron chi connectivity index (χ4n) is 2.73. The largest absolute Gasteiger partial charge is 0.352 e. The van der Waals surface area contributed by atoms with Crippen LogP contribution in [0.5, 0.6) is 0 Å². The number of urea groups is 1. The maximum atomic E-state index is 12.6. The van der Waals surface area contributed by atoms with Crippen molar-refractivity contribution in [1.29, 1.82) is 0 Å². The van der Waals surface area contributed by atoms with Gasteiger partial charge in [-0.2, -0.15) is 0 Å². The van der Waals surface area contributed by atoms with E-state index in [1.54, 1.807) is 18.7 Å². The van der Waals surface area contributed by atoms with Gasteiger partial charge in [0.2, 0.25) is 5.91 Å². The minimum Gasteiger partial charge on any atom is -0.352 e. The van der Waals surface area contributed by atoms with Crippen LogP contribution in [-0.2, 0) is 11.2 Å². The number of aryl methyl sites for hydroxylation is 1. The van der Waals surface area contributed by atoms with Crippen LogP contribution in [0.25, 0.3) is 0 Å². The SMILES string of the molecule is CCCCc1ccc(C(=O)N[C@@H](CCCNC(N)=O)C(=O)N[CH]CC(C)C)cc1. The van der Waals surface area contributed by atoms with Gasteiger partial charge in [-0.25, -0.2) is 4.79 Å². The predicted octanol–water partition coefficient (Wildman–Crippen LogP) is 2.90. The Labute approximate surface area is 174 Å². The van der Waals surface area contributed by atoms with Crippen molar-refractivity contribution in [3.8, 4) is 0 Å². The molecule has 7 nitrogen and oxygen atoms in total. The second kappa shape index (κ2) is 13.6. The third kappa shape index (κ3) is 10.5. The molecule has 0 aliphatic heterocycles. The summed E-state index contributed by atoms with van der Waals surface area (Å²) in [6, 6.07) is 6.17. The number of amides is 4. The molecule has 1 aromatic carbocycles. The molecule has 1 rings (SSSR count). The van der Waals surface area contributed by atoms with Gasteiger partial charge in [-0.05, 0) is 55.7 Å². The van der Waals surface area contributed by atoms with E-state index in [1.165, 1.54) is 5.56 Å². The smallest absolute Gasteiger partial charge is 0.312 e. The number of nitrogens with one attached hydrogen (secondary N) is 3. The van der Waals surface area contributed by atoms with Crippen LogP contribution in [-0.4, -0.2) is 30.4 Å². The lowest BCUT2D eigenvalue weighted by Crippen LogP contribution is -2.46. The molecule has 0 aliphatic rings. The Balaban J connectivity index is 2.68. The molecule has 5 N–H and O–H groups in total. The highest BCUT2D eigenvalue weighted by atomic mass is 16.2. The zero-order valence-electron chi connectivity index (χ0n) is 17.8. The zero-order chi connectivity index (χ0) is 21.6. The van der Waals surface area contributed by atoms with E-state index >= 15 is 0 Å². The number of hydrogen-bond donors (Lipinski definition) is 4. The highest BCUT2D eigenvalue weighted by Gasteiger charge is 2.21. The lowest BCUT2D eigenvalue weighted by atomic mass is 10.1. The highest BCUT2D eigenvalue weighted by molar-refractivity contribution is 5.97. The van der Waals surface area contributed by atoms with Crippen molar-refractivity contribution in [2.75, 3.05) is 6.54 Å². The number of hydrogen-bond acceptors (Lipinski definition) is 3. The first kappa shape index (κ1) is 24.5. The van der Waals surface area contributed by atoms with Crippen molar-refractivity contribution in [2.24, 2.45) is 11.7 Å². The van der Waals surface area contributed by atoms with Crippen LogP contribution in [0.3, 0.4) is 0 Å². The minimum atomic E-state index is -0.694. The second-order valence-electron chi connectivity index (χ2n) is 7.60. The molecular formula is C22H35N4O3. The summed E-state index contributed by atoms with van der Waals surface area (Å²) in [6.45, 7) is 8.32. The van der Waals surface area contributed by atoms with Gasteiger partial charge in [0.05, 0.1) is 0 Å². The van der Waals surface area contributed by atoms with Gasteiger partial charge in [-0.1, -0.05) is 39.3 Å². The van der Waals surface area contributed by atoms with E-state index in [1.807, 2.05) is 12.1 Å². The van der Waals surface area contributed by atoms with Gasteiger partial charge in [0, 0.05) is 18.7 Å². The Hall–Kier alpha value is -2.57. The molecule has 0 saturated heterocycles. The van der Waals surface area contributed by atoms with Gasteiger partial charge < -0.3 is 21.7 Å². The number of rotatable bonds is 13. The Bertz CT molecular complexity index is 644. The first-order valence-electron chi connectivity index (χ1n) is 10.4. The third-order valence-electron chi connectivity index (χ3n) is 4.46. The molecule has 0 aromatic heterocycles. The van der Waals surface area contributed by atoms with Crippen LogP contribution in [0.2, 0.25) is 0 Å². The lowest BCUT2D eigenvalue weighted by molar-refractivity contribution is -0.122. The molecule has 1 aromatic rings. The predicted molar refractivity (Wildman–Crippen MR) is 115 cm³/mol. The molecule has 0 unspecified atom stereocenters. The molecular weight excluding hydrogens is 368 g/mol. The Morgan fingerprint density at radius 1 is 1.10 bits per heavy atom. The molecule has 1 radical (unpaired) electrons. The van der Waals surface area contributed by atoms with Crippen LogP contribution in [0.15, 0.2) is 24.3 Å².